The third-order valence-corrected chi connectivity index (χ3v) is 6.36. The van der Waals surface area contributed by atoms with E-state index in [1.165, 1.54) is 36.3 Å². The molecule has 0 radical (unpaired) electrons. The van der Waals surface area contributed by atoms with Crippen LogP contribution in [-0.2, 0) is 12.8 Å². The molecule has 0 aliphatic heterocycles. The summed E-state index contributed by atoms with van der Waals surface area (Å²) in [5, 5.41) is 6.82. The summed E-state index contributed by atoms with van der Waals surface area (Å²) in [5.74, 6) is 0.708. The summed E-state index contributed by atoms with van der Waals surface area (Å²) in [6, 6.07) is 0.249. The van der Waals surface area contributed by atoms with E-state index in [0.29, 0.717) is 17.4 Å². The van der Waals surface area contributed by atoms with Crippen LogP contribution in [0.3, 0.4) is 0 Å². The fourth-order valence-corrected chi connectivity index (χ4v) is 4.82. The highest BCUT2D eigenvalue weighted by Gasteiger charge is 2.30. The van der Waals surface area contributed by atoms with E-state index in [1.54, 1.807) is 11.3 Å². The smallest absolute Gasteiger partial charge is 0.321 e. The van der Waals surface area contributed by atoms with Crippen LogP contribution >= 0.6 is 11.3 Å². The third-order valence-electron chi connectivity index (χ3n) is 5.33. The summed E-state index contributed by atoms with van der Waals surface area (Å²) in [5.41, 5.74) is 1.54. The Kier molecular flexibility index (Phi) is 4.95. The molecule has 128 valence electrons. The molecule has 1 aromatic heterocycles. The van der Waals surface area contributed by atoms with E-state index < -0.39 is 0 Å². The Hall–Kier alpha value is -1.10. The van der Waals surface area contributed by atoms with Gasteiger partial charge in [-0.3, -0.25) is 5.32 Å². The van der Waals surface area contributed by atoms with Gasteiger partial charge in [0, 0.05) is 10.9 Å². The van der Waals surface area contributed by atoms with Crippen LogP contribution in [0.15, 0.2) is 0 Å². The van der Waals surface area contributed by atoms with Crippen molar-refractivity contribution in [3.8, 4) is 0 Å². The number of hydrogen-bond acceptors (Lipinski definition) is 3. The van der Waals surface area contributed by atoms with Crippen LogP contribution in [0.25, 0.3) is 0 Å². The Labute approximate surface area is 143 Å². The van der Waals surface area contributed by atoms with Gasteiger partial charge in [0.05, 0.1) is 5.69 Å². The van der Waals surface area contributed by atoms with E-state index in [0.717, 1.165) is 30.8 Å². The van der Waals surface area contributed by atoms with E-state index in [1.807, 2.05) is 0 Å². The zero-order chi connectivity index (χ0) is 16.4. The zero-order valence-corrected chi connectivity index (χ0v) is 15.4. The lowest BCUT2D eigenvalue weighted by atomic mass is 9.73. The Morgan fingerprint density at radius 2 is 1.91 bits per heavy atom. The molecule has 5 heteroatoms. The first-order chi connectivity index (χ1) is 10.9. The summed E-state index contributed by atoms with van der Waals surface area (Å²) in [7, 11) is 0. The predicted octanol–water partition coefficient (Wildman–Crippen LogP) is 4.75. The minimum absolute atomic E-state index is 0.0876. The topological polar surface area (TPSA) is 54.0 Å². The highest BCUT2D eigenvalue weighted by Crippen LogP contribution is 2.40. The molecule has 0 bridgehead atoms. The molecule has 2 aliphatic rings. The van der Waals surface area contributed by atoms with Gasteiger partial charge in [0.25, 0.3) is 0 Å². The number of nitrogens with zero attached hydrogens (tertiary/aromatic N) is 1. The first-order valence-electron chi connectivity index (χ1n) is 8.98. The highest BCUT2D eigenvalue weighted by molar-refractivity contribution is 7.15. The number of urea groups is 1. The van der Waals surface area contributed by atoms with Crippen molar-refractivity contribution in [2.45, 2.75) is 78.2 Å². The molecule has 2 amide bonds. The predicted molar refractivity (Wildman–Crippen MR) is 96.1 cm³/mol. The second-order valence-electron chi connectivity index (χ2n) is 8.13. The quantitative estimate of drug-likeness (QED) is 0.819. The van der Waals surface area contributed by atoms with Gasteiger partial charge in [0.1, 0.15) is 0 Å². The van der Waals surface area contributed by atoms with E-state index in [2.05, 4.69) is 36.4 Å². The molecule has 0 spiro atoms. The summed E-state index contributed by atoms with van der Waals surface area (Å²) in [6.45, 7) is 6.96. The second-order valence-corrected chi connectivity index (χ2v) is 9.21. The van der Waals surface area contributed by atoms with Crippen LogP contribution in [0, 0.1) is 11.3 Å². The maximum Gasteiger partial charge on any atom is 0.321 e. The molecular weight excluding hydrogens is 306 g/mol. The summed E-state index contributed by atoms with van der Waals surface area (Å²) in [4.78, 5) is 18.2. The summed E-state index contributed by atoms with van der Waals surface area (Å²) in [6.07, 6.45) is 9.31. The third kappa shape index (κ3) is 4.25. The van der Waals surface area contributed by atoms with Crippen LogP contribution in [0.2, 0.25) is 0 Å². The van der Waals surface area contributed by atoms with Gasteiger partial charge in [-0.05, 0) is 43.4 Å². The SMILES string of the molecule is CC(C)(C)C1CCc2nc(NC(=O)NC3CCCCC3)sc2C1. The molecule has 3 rings (SSSR count). The Balaban J connectivity index is 1.58. The van der Waals surface area contributed by atoms with Crippen LogP contribution in [0.5, 0.6) is 0 Å². The van der Waals surface area contributed by atoms with Gasteiger partial charge in [-0.1, -0.05) is 40.0 Å². The number of amides is 2. The molecule has 0 saturated heterocycles. The molecule has 1 fully saturated rings. The molecule has 2 N–H and O–H groups in total. The van der Waals surface area contributed by atoms with E-state index in [-0.39, 0.29) is 6.03 Å². The van der Waals surface area contributed by atoms with Crippen molar-refractivity contribution in [2.75, 3.05) is 5.32 Å². The van der Waals surface area contributed by atoms with E-state index in [4.69, 9.17) is 0 Å². The van der Waals surface area contributed by atoms with Crippen molar-refractivity contribution in [1.82, 2.24) is 10.3 Å². The maximum absolute atomic E-state index is 12.2. The number of nitrogens with one attached hydrogen (secondary N) is 2. The van der Waals surface area contributed by atoms with Crippen LogP contribution in [-0.4, -0.2) is 17.1 Å². The van der Waals surface area contributed by atoms with Gasteiger partial charge >= 0.3 is 6.03 Å². The molecule has 23 heavy (non-hydrogen) atoms. The molecule has 4 nitrogen and oxygen atoms in total. The highest BCUT2D eigenvalue weighted by atomic mass is 32.1. The van der Waals surface area contributed by atoms with Crippen molar-refractivity contribution in [3.05, 3.63) is 10.6 Å². The molecule has 0 aromatic carbocycles. The number of hydrogen-bond donors (Lipinski definition) is 2. The molecule has 1 unspecified atom stereocenters. The number of anilines is 1. The number of aromatic nitrogens is 1. The lowest BCUT2D eigenvalue weighted by Crippen LogP contribution is -2.38. The van der Waals surface area contributed by atoms with Gasteiger partial charge in [0.2, 0.25) is 0 Å². The van der Waals surface area contributed by atoms with Crippen molar-refractivity contribution in [1.29, 1.82) is 0 Å². The van der Waals surface area contributed by atoms with Crippen molar-refractivity contribution < 1.29 is 4.79 Å². The van der Waals surface area contributed by atoms with Gasteiger partial charge in [0.15, 0.2) is 5.13 Å². The number of fused-ring (bicyclic) bond motifs is 1. The fraction of sp³-hybridized carbons (Fsp3) is 0.778. The van der Waals surface area contributed by atoms with Gasteiger partial charge < -0.3 is 5.32 Å². The average Bonchev–Trinajstić information content (AvgIpc) is 2.88. The van der Waals surface area contributed by atoms with Crippen LogP contribution in [0.1, 0.15) is 69.9 Å². The van der Waals surface area contributed by atoms with Crippen molar-refractivity contribution >= 4 is 22.5 Å². The Bertz CT molecular complexity index is 555. The van der Waals surface area contributed by atoms with Crippen molar-refractivity contribution in [3.63, 3.8) is 0 Å². The fourth-order valence-electron chi connectivity index (χ4n) is 3.73. The molecule has 1 saturated carbocycles. The molecule has 2 aliphatic carbocycles. The lowest BCUT2D eigenvalue weighted by Gasteiger charge is -2.33. The largest absolute Gasteiger partial charge is 0.335 e. The number of rotatable bonds is 2. The monoisotopic (exact) mass is 335 g/mol. The number of aryl methyl sites for hydroxylation is 1. The molecule has 1 aromatic rings. The van der Waals surface area contributed by atoms with Crippen LogP contribution in [0.4, 0.5) is 9.93 Å². The van der Waals surface area contributed by atoms with Crippen LogP contribution < -0.4 is 10.6 Å². The van der Waals surface area contributed by atoms with Gasteiger partial charge in [-0.2, -0.15) is 0 Å². The first-order valence-corrected chi connectivity index (χ1v) is 9.79. The second kappa shape index (κ2) is 6.80. The standard InChI is InChI=1S/C18H29N3OS/c1-18(2,3)12-9-10-14-15(11-12)23-17(20-14)21-16(22)19-13-7-5-4-6-8-13/h12-13H,4-11H2,1-3H3,(H2,19,20,21,22). The summed E-state index contributed by atoms with van der Waals surface area (Å²) < 4.78 is 0. The maximum atomic E-state index is 12.2. The zero-order valence-electron chi connectivity index (χ0n) is 14.6. The van der Waals surface area contributed by atoms with E-state index in [9.17, 15) is 4.79 Å². The average molecular weight is 336 g/mol. The number of carbonyl (C=O) groups is 1. The Morgan fingerprint density at radius 3 is 2.61 bits per heavy atom. The summed E-state index contributed by atoms with van der Waals surface area (Å²) >= 11 is 1.66. The minimum atomic E-state index is -0.0876. The Morgan fingerprint density at radius 1 is 1.17 bits per heavy atom. The number of thiazole rings is 1. The lowest BCUT2D eigenvalue weighted by molar-refractivity contribution is 0.217. The molecular formula is C18H29N3OS. The molecule has 1 heterocycles. The van der Waals surface area contributed by atoms with E-state index >= 15 is 0 Å². The number of carbonyl (C=O) groups excluding carboxylic acids is 1. The van der Waals surface area contributed by atoms with Gasteiger partial charge in [-0.15, -0.1) is 11.3 Å². The van der Waals surface area contributed by atoms with Gasteiger partial charge in [-0.25, -0.2) is 9.78 Å². The van der Waals surface area contributed by atoms with Crippen molar-refractivity contribution in [2.24, 2.45) is 11.3 Å². The minimum Gasteiger partial charge on any atom is -0.335 e. The normalized spacial score (nSPS) is 22.5. The first kappa shape index (κ1) is 16.7. The molecule has 1 atom stereocenters.